The van der Waals surface area contributed by atoms with Gasteiger partial charge in [0.15, 0.2) is 0 Å². The molecule has 0 atom stereocenters. The van der Waals surface area contributed by atoms with E-state index in [1.54, 1.807) is 6.20 Å². The Morgan fingerprint density at radius 1 is 1.22 bits per heavy atom. The number of aromatic nitrogens is 1. The number of nitrogens with zero attached hydrogens (tertiary/aromatic N) is 1. The Morgan fingerprint density at radius 2 is 1.94 bits per heavy atom. The van der Waals surface area contributed by atoms with Crippen LogP contribution in [-0.2, 0) is 0 Å². The van der Waals surface area contributed by atoms with Gasteiger partial charge in [0.25, 0.3) is 0 Å². The summed E-state index contributed by atoms with van der Waals surface area (Å²) in [6.07, 6.45) is 1.66. The van der Waals surface area contributed by atoms with Crippen LogP contribution in [0.4, 0.5) is 17.2 Å². The minimum absolute atomic E-state index is 0.680. The minimum Gasteiger partial charge on any atom is -0.397 e. The van der Waals surface area contributed by atoms with Crippen LogP contribution in [0.1, 0.15) is 11.1 Å². The summed E-state index contributed by atoms with van der Waals surface area (Å²) in [6.45, 7) is 4.01. The zero-order chi connectivity index (χ0) is 13.3. The first-order chi connectivity index (χ1) is 8.49. The molecule has 1 aromatic heterocycles. The molecule has 5 heteroatoms. The van der Waals surface area contributed by atoms with E-state index in [0.717, 1.165) is 26.0 Å². The first-order valence-corrected chi connectivity index (χ1v) is 7.01. The van der Waals surface area contributed by atoms with E-state index in [0.29, 0.717) is 5.69 Å². The quantitative estimate of drug-likeness (QED) is 0.815. The van der Waals surface area contributed by atoms with E-state index in [-0.39, 0.29) is 0 Å². The third kappa shape index (κ3) is 2.67. The zero-order valence-corrected chi connectivity index (χ0v) is 13.3. The van der Waals surface area contributed by atoms with E-state index in [2.05, 4.69) is 48.2 Å². The highest BCUT2D eigenvalue weighted by atomic mass is 79.9. The van der Waals surface area contributed by atoms with Crippen LogP contribution in [-0.4, -0.2) is 4.98 Å². The Bertz CT molecular complexity index is 597. The van der Waals surface area contributed by atoms with Crippen molar-refractivity contribution in [1.82, 2.24) is 4.98 Å². The molecular formula is C13H13Br2N3. The fourth-order valence-electron chi connectivity index (χ4n) is 1.54. The zero-order valence-electron chi connectivity index (χ0n) is 10.1. The number of pyridine rings is 1. The van der Waals surface area contributed by atoms with Crippen molar-refractivity contribution in [3.05, 3.63) is 44.5 Å². The molecule has 0 amide bonds. The lowest BCUT2D eigenvalue weighted by molar-refractivity contribution is 1.25. The molecule has 0 spiro atoms. The smallest absolute Gasteiger partial charge is 0.145 e. The average Bonchev–Trinajstić information content (AvgIpc) is 2.34. The molecule has 94 valence electrons. The first-order valence-electron chi connectivity index (χ1n) is 5.43. The number of nitrogen functional groups attached to an aromatic ring is 1. The number of aryl methyl sites for hydroxylation is 1. The fourth-order valence-corrected chi connectivity index (χ4v) is 2.22. The van der Waals surface area contributed by atoms with Crippen LogP contribution in [0.25, 0.3) is 0 Å². The SMILES string of the molecule is Cc1cc(Nc2ncc(N)c(C)c2Br)ccc1Br. The number of benzene rings is 1. The molecule has 18 heavy (non-hydrogen) atoms. The van der Waals surface area contributed by atoms with Gasteiger partial charge in [0, 0.05) is 10.2 Å². The Balaban J connectivity index is 2.34. The number of hydrogen-bond donors (Lipinski definition) is 2. The molecule has 0 saturated heterocycles. The van der Waals surface area contributed by atoms with Gasteiger partial charge in [-0.15, -0.1) is 0 Å². The van der Waals surface area contributed by atoms with Crippen LogP contribution < -0.4 is 11.1 Å². The molecule has 0 radical (unpaired) electrons. The Labute approximate surface area is 123 Å². The van der Waals surface area contributed by atoms with Gasteiger partial charge in [0.1, 0.15) is 5.82 Å². The van der Waals surface area contributed by atoms with Crippen molar-refractivity contribution in [3.8, 4) is 0 Å². The van der Waals surface area contributed by atoms with E-state index in [1.807, 2.05) is 26.0 Å². The Morgan fingerprint density at radius 3 is 2.61 bits per heavy atom. The van der Waals surface area contributed by atoms with Gasteiger partial charge >= 0.3 is 0 Å². The molecule has 1 aromatic carbocycles. The summed E-state index contributed by atoms with van der Waals surface area (Å²) in [7, 11) is 0. The summed E-state index contributed by atoms with van der Waals surface area (Å²) < 4.78 is 1.98. The number of halogens is 2. The van der Waals surface area contributed by atoms with Gasteiger partial charge in [-0.05, 0) is 59.1 Å². The average molecular weight is 371 g/mol. The van der Waals surface area contributed by atoms with Crippen LogP contribution in [0.15, 0.2) is 33.3 Å². The molecule has 3 nitrogen and oxygen atoms in total. The molecule has 2 rings (SSSR count). The number of nitrogens with one attached hydrogen (secondary N) is 1. The van der Waals surface area contributed by atoms with Crippen molar-refractivity contribution < 1.29 is 0 Å². The van der Waals surface area contributed by atoms with Gasteiger partial charge < -0.3 is 11.1 Å². The highest BCUT2D eigenvalue weighted by molar-refractivity contribution is 9.11. The van der Waals surface area contributed by atoms with Crippen LogP contribution in [0, 0.1) is 13.8 Å². The third-order valence-corrected chi connectivity index (χ3v) is 4.58. The van der Waals surface area contributed by atoms with E-state index in [9.17, 15) is 0 Å². The highest BCUT2D eigenvalue weighted by Crippen LogP contribution is 2.30. The molecule has 1 heterocycles. The normalized spacial score (nSPS) is 10.4. The second-order valence-corrected chi connectivity index (χ2v) is 5.74. The summed E-state index contributed by atoms with van der Waals surface area (Å²) in [5, 5.41) is 3.27. The van der Waals surface area contributed by atoms with E-state index >= 15 is 0 Å². The van der Waals surface area contributed by atoms with Gasteiger partial charge in [0.05, 0.1) is 16.4 Å². The predicted molar refractivity (Wildman–Crippen MR) is 83.2 cm³/mol. The van der Waals surface area contributed by atoms with Gasteiger partial charge in [-0.1, -0.05) is 15.9 Å². The molecule has 0 aliphatic rings. The molecule has 0 aliphatic heterocycles. The largest absolute Gasteiger partial charge is 0.397 e. The topological polar surface area (TPSA) is 50.9 Å². The van der Waals surface area contributed by atoms with E-state index in [1.165, 1.54) is 5.56 Å². The maximum absolute atomic E-state index is 5.80. The number of rotatable bonds is 2. The third-order valence-electron chi connectivity index (χ3n) is 2.72. The molecule has 2 aromatic rings. The monoisotopic (exact) mass is 369 g/mol. The van der Waals surface area contributed by atoms with E-state index in [4.69, 9.17) is 5.73 Å². The number of hydrogen-bond acceptors (Lipinski definition) is 3. The summed E-state index contributed by atoms with van der Waals surface area (Å²) in [5.74, 6) is 0.767. The van der Waals surface area contributed by atoms with Crippen molar-refractivity contribution in [3.63, 3.8) is 0 Å². The first kappa shape index (κ1) is 13.4. The molecule has 3 N–H and O–H groups in total. The van der Waals surface area contributed by atoms with Crippen molar-refractivity contribution in [1.29, 1.82) is 0 Å². The Hall–Kier alpha value is -1.07. The van der Waals surface area contributed by atoms with Gasteiger partial charge in [-0.2, -0.15) is 0 Å². The summed E-state index contributed by atoms with van der Waals surface area (Å²) in [4.78, 5) is 4.29. The van der Waals surface area contributed by atoms with Crippen molar-refractivity contribution in [2.24, 2.45) is 0 Å². The Kier molecular flexibility index (Phi) is 3.92. The van der Waals surface area contributed by atoms with Gasteiger partial charge in [0.2, 0.25) is 0 Å². The van der Waals surface area contributed by atoms with Gasteiger partial charge in [-0.3, -0.25) is 0 Å². The second kappa shape index (κ2) is 5.28. The maximum atomic E-state index is 5.80. The van der Waals surface area contributed by atoms with Crippen molar-refractivity contribution in [2.45, 2.75) is 13.8 Å². The fraction of sp³-hybridized carbons (Fsp3) is 0.154. The molecule has 0 bridgehead atoms. The molecule has 0 fully saturated rings. The van der Waals surface area contributed by atoms with Crippen LogP contribution >= 0.6 is 31.9 Å². The maximum Gasteiger partial charge on any atom is 0.145 e. The lowest BCUT2D eigenvalue weighted by Crippen LogP contribution is -1.99. The van der Waals surface area contributed by atoms with Crippen LogP contribution in [0.3, 0.4) is 0 Å². The molecule has 0 unspecified atom stereocenters. The number of nitrogens with two attached hydrogens (primary N) is 1. The summed E-state index contributed by atoms with van der Waals surface area (Å²) in [5.41, 5.74) is 9.63. The second-order valence-electron chi connectivity index (χ2n) is 4.09. The standard InChI is InChI=1S/C13H13Br2N3/c1-7-5-9(3-4-10(7)14)18-13-12(15)8(2)11(16)6-17-13/h3-6H,16H2,1-2H3,(H,17,18). The lowest BCUT2D eigenvalue weighted by atomic mass is 10.2. The van der Waals surface area contributed by atoms with Crippen LogP contribution in [0.2, 0.25) is 0 Å². The van der Waals surface area contributed by atoms with Crippen molar-refractivity contribution in [2.75, 3.05) is 11.1 Å². The molecule has 0 aliphatic carbocycles. The summed E-state index contributed by atoms with van der Waals surface area (Å²) in [6, 6.07) is 6.07. The lowest BCUT2D eigenvalue weighted by Gasteiger charge is -2.11. The highest BCUT2D eigenvalue weighted by Gasteiger charge is 2.08. The van der Waals surface area contributed by atoms with Crippen molar-refractivity contribution >= 4 is 49.1 Å². The predicted octanol–water partition coefficient (Wildman–Crippen LogP) is 4.55. The van der Waals surface area contributed by atoms with Gasteiger partial charge in [-0.25, -0.2) is 4.98 Å². The molecule has 0 saturated carbocycles. The number of anilines is 3. The van der Waals surface area contributed by atoms with Crippen LogP contribution in [0.5, 0.6) is 0 Å². The summed E-state index contributed by atoms with van der Waals surface area (Å²) >= 11 is 6.99. The molecular weight excluding hydrogens is 358 g/mol. The van der Waals surface area contributed by atoms with E-state index < -0.39 is 0 Å². The minimum atomic E-state index is 0.680.